The zero-order valence-corrected chi connectivity index (χ0v) is 11.0. The molecule has 0 aromatic carbocycles. The van der Waals surface area contributed by atoms with Crippen LogP contribution in [-0.2, 0) is 23.1 Å². The molecule has 17 heavy (non-hydrogen) atoms. The van der Waals surface area contributed by atoms with E-state index in [0.29, 0.717) is 13.2 Å². The van der Waals surface area contributed by atoms with E-state index in [1.807, 2.05) is 40.3 Å². The molecule has 0 aliphatic heterocycles. The predicted molar refractivity (Wildman–Crippen MR) is 65.3 cm³/mol. The summed E-state index contributed by atoms with van der Waals surface area (Å²) in [6, 6.07) is 0. The second-order valence-corrected chi connectivity index (χ2v) is 4.37. The van der Waals surface area contributed by atoms with Crippen LogP contribution in [0.2, 0.25) is 0 Å². The van der Waals surface area contributed by atoms with E-state index in [9.17, 15) is 4.79 Å². The van der Waals surface area contributed by atoms with Crippen molar-refractivity contribution in [3.63, 3.8) is 0 Å². The van der Waals surface area contributed by atoms with Gasteiger partial charge in [0.1, 0.15) is 0 Å². The molecule has 5 nitrogen and oxygen atoms in total. The third kappa shape index (κ3) is 4.56. The Morgan fingerprint density at radius 3 is 2.88 bits per heavy atom. The summed E-state index contributed by atoms with van der Waals surface area (Å²) in [7, 11) is 3.88. The van der Waals surface area contributed by atoms with Gasteiger partial charge in [-0.25, -0.2) is 0 Å². The minimum absolute atomic E-state index is 0.100. The average Bonchev–Trinajstić information content (AvgIpc) is 2.64. The molecule has 0 saturated carbocycles. The molecule has 0 saturated heterocycles. The van der Waals surface area contributed by atoms with Gasteiger partial charge >= 0.3 is 5.97 Å². The molecule has 0 bridgehead atoms. The van der Waals surface area contributed by atoms with Crippen LogP contribution in [0.15, 0.2) is 12.4 Å². The first-order valence-corrected chi connectivity index (χ1v) is 5.85. The summed E-state index contributed by atoms with van der Waals surface area (Å²) in [5, 5.41) is 4.11. The van der Waals surface area contributed by atoms with E-state index in [2.05, 4.69) is 10.00 Å². The third-order valence-corrected chi connectivity index (χ3v) is 2.49. The Morgan fingerprint density at radius 2 is 2.35 bits per heavy atom. The molecule has 0 radical (unpaired) electrons. The smallest absolute Gasteiger partial charge is 0.309 e. The Kier molecular flexibility index (Phi) is 5.15. The lowest BCUT2D eigenvalue weighted by atomic mass is 10.1. The highest BCUT2D eigenvalue weighted by molar-refractivity contribution is 5.72. The molecule has 0 aliphatic rings. The van der Waals surface area contributed by atoms with Crippen LogP contribution in [0.1, 0.15) is 19.4 Å². The number of ether oxygens (including phenoxy) is 1. The first kappa shape index (κ1) is 13.7. The number of rotatable bonds is 6. The van der Waals surface area contributed by atoms with Gasteiger partial charge in [0.2, 0.25) is 0 Å². The van der Waals surface area contributed by atoms with Crippen molar-refractivity contribution >= 4 is 5.97 Å². The molecule has 0 amide bonds. The Hall–Kier alpha value is -1.36. The van der Waals surface area contributed by atoms with Crippen LogP contribution in [0.5, 0.6) is 0 Å². The molecule has 96 valence electrons. The van der Waals surface area contributed by atoms with Gasteiger partial charge in [0.25, 0.3) is 0 Å². The van der Waals surface area contributed by atoms with Gasteiger partial charge in [-0.05, 0) is 14.0 Å². The van der Waals surface area contributed by atoms with Crippen molar-refractivity contribution in [3.8, 4) is 0 Å². The lowest BCUT2D eigenvalue weighted by Crippen LogP contribution is -2.29. The van der Waals surface area contributed by atoms with Crippen molar-refractivity contribution in [2.45, 2.75) is 20.4 Å². The summed E-state index contributed by atoms with van der Waals surface area (Å²) < 4.78 is 6.75. The molecule has 1 aromatic heterocycles. The highest BCUT2D eigenvalue weighted by Gasteiger charge is 2.16. The molecule has 1 atom stereocenters. The van der Waals surface area contributed by atoms with E-state index in [-0.39, 0.29) is 11.9 Å². The molecule has 0 aliphatic carbocycles. The lowest BCUT2D eigenvalue weighted by molar-refractivity contribution is -0.147. The normalized spacial score (nSPS) is 12.8. The molecular formula is C12H21N3O2. The first-order chi connectivity index (χ1) is 8.02. The number of aromatic nitrogens is 2. The average molecular weight is 239 g/mol. The Labute approximate surface area is 102 Å². The van der Waals surface area contributed by atoms with Gasteiger partial charge in [0.15, 0.2) is 0 Å². The third-order valence-electron chi connectivity index (χ3n) is 2.49. The van der Waals surface area contributed by atoms with Crippen LogP contribution in [0.25, 0.3) is 0 Å². The summed E-state index contributed by atoms with van der Waals surface area (Å²) in [5.74, 6) is -0.234. The van der Waals surface area contributed by atoms with Crippen molar-refractivity contribution in [2.24, 2.45) is 13.0 Å². The van der Waals surface area contributed by atoms with Crippen LogP contribution < -0.4 is 0 Å². The summed E-state index contributed by atoms with van der Waals surface area (Å²) in [5.41, 5.74) is 1.14. The van der Waals surface area contributed by atoms with Crippen LogP contribution in [0.3, 0.4) is 0 Å². The topological polar surface area (TPSA) is 47.4 Å². The van der Waals surface area contributed by atoms with E-state index in [4.69, 9.17) is 4.74 Å². The number of carbonyl (C=O) groups is 1. The molecule has 1 aromatic rings. The zero-order valence-electron chi connectivity index (χ0n) is 11.0. The quantitative estimate of drug-likeness (QED) is 0.696. The van der Waals surface area contributed by atoms with Gasteiger partial charge in [-0.3, -0.25) is 9.48 Å². The summed E-state index contributed by atoms with van der Waals surface area (Å²) in [6.07, 6.45) is 3.82. The zero-order chi connectivity index (χ0) is 12.8. The Balaban J connectivity index is 2.38. The van der Waals surface area contributed by atoms with Crippen LogP contribution >= 0.6 is 0 Å². The van der Waals surface area contributed by atoms with Gasteiger partial charge in [-0.2, -0.15) is 5.10 Å². The highest BCUT2D eigenvalue weighted by Crippen LogP contribution is 2.06. The maximum Gasteiger partial charge on any atom is 0.309 e. The van der Waals surface area contributed by atoms with Crippen LogP contribution in [0, 0.1) is 5.92 Å². The maximum atomic E-state index is 11.5. The molecule has 0 N–H and O–H groups in total. The number of hydrogen-bond acceptors (Lipinski definition) is 4. The molecule has 0 spiro atoms. The predicted octanol–water partition coefficient (Wildman–Crippen LogP) is 1.05. The number of aryl methyl sites for hydroxylation is 1. The second-order valence-electron chi connectivity index (χ2n) is 4.37. The van der Waals surface area contributed by atoms with Crippen molar-refractivity contribution in [2.75, 3.05) is 20.2 Å². The number of esters is 1. The second kappa shape index (κ2) is 6.39. The van der Waals surface area contributed by atoms with E-state index in [1.165, 1.54) is 0 Å². The number of nitrogens with zero attached hydrogens (tertiary/aromatic N) is 3. The van der Waals surface area contributed by atoms with Crippen molar-refractivity contribution in [1.82, 2.24) is 14.7 Å². The minimum Gasteiger partial charge on any atom is -0.466 e. The molecule has 1 unspecified atom stereocenters. The van der Waals surface area contributed by atoms with E-state index < -0.39 is 0 Å². The Morgan fingerprint density at radius 1 is 1.65 bits per heavy atom. The van der Waals surface area contributed by atoms with Crippen LogP contribution in [-0.4, -0.2) is 40.8 Å². The van der Waals surface area contributed by atoms with E-state index in [1.54, 1.807) is 4.68 Å². The maximum absolute atomic E-state index is 11.5. The van der Waals surface area contributed by atoms with Crippen molar-refractivity contribution in [3.05, 3.63) is 18.0 Å². The minimum atomic E-state index is -0.134. The first-order valence-electron chi connectivity index (χ1n) is 5.85. The van der Waals surface area contributed by atoms with E-state index in [0.717, 1.165) is 12.1 Å². The fraction of sp³-hybridized carbons (Fsp3) is 0.667. The highest BCUT2D eigenvalue weighted by atomic mass is 16.5. The van der Waals surface area contributed by atoms with Gasteiger partial charge in [0, 0.05) is 31.9 Å². The van der Waals surface area contributed by atoms with Crippen molar-refractivity contribution in [1.29, 1.82) is 0 Å². The fourth-order valence-corrected chi connectivity index (χ4v) is 1.76. The molecular weight excluding hydrogens is 218 g/mol. The van der Waals surface area contributed by atoms with Gasteiger partial charge in [-0.15, -0.1) is 0 Å². The van der Waals surface area contributed by atoms with Gasteiger partial charge in [-0.1, -0.05) is 6.92 Å². The van der Waals surface area contributed by atoms with Gasteiger partial charge in [0.05, 0.1) is 18.7 Å². The largest absolute Gasteiger partial charge is 0.466 e. The molecule has 1 heterocycles. The van der Waals surface area contributed by atoms with Gasteiger partial charge < -0.3 is 9.64 Å². The monoisotopic (exact) mass is 239 g/mol. The SMILES string of the molecule is CCOC(=O)C(C)CN(C)Cc1cnn(C)c1. The molecule has 1 rings (SSSR count). The van der Waals surface area contributed by atoms with Crippen molar-refractivity contribution < 1.29 is 9.53 Å². The summed E-state index contributed by atoms with van der Waals surface area (Å²) in [4.78, 5) is 13.6. The molecule has 5 heteroatoms. The van der Waals surface area contributed by atoms with E-state index >= 15 is 0 Å². The summed E-state index contributed by atoms with van der Waals surface area (Å²) in [6.45, 7) is 5.63. The fourth-order valence-electron chi connectivity index (χ4n) is 1.76. The number of hydrogen-bond donors (Lipinski definition) is 0. The standard InChI is InChI=1S/C12H21N3O2/c1-5-17-12(16)10(2)7-14(3)8-11-6-13-15(4)9-11/h6,9-10H,5,7-8H2,1-4H3. The Bertz CT molecular complexity index is 362. The molecule has 0 fully saturated rings. The van der Waals surface area contributed by atoms with Crippen LogP contribution in [0.4, 0.5) is 0 Å². The number of carbonyl (C=O) groups excluding carboxylic acids is 1. The summed E-state index contributed by atoms with van der Waals surface area (Å²) >= 11 is 0. The lowest BCUT2D eigenvalue weighted by Gasteiger charge is -2.19.